The first-order valence-corrected chi connectivity index (χ1v) is 7.60. The number of anilines is 1. The molecule has 0 aliphatic heterocycles. The van der Waals surface area contributed by atoms with Gasteiger partial charge in [0, 0.05) is 17.8 Å². The molecule has 0 spiro atoms. The van der Waals surface area contributed by atoms with Crippen LogP contribution in [0.5, 0.6) is 17.4 Å². The maximum absolute atomic E-state index is 12.1. The number of benzene rings is 1. The lowest BCUT2D eigenvalue weighted by atomic mass is 10.2. The van der Waals surface area contributed by atoms with E-state index in [0.29, 0.717) is 17.3 Å². The highest BCUT2D eigenvalue weighted by Gasteiger charge is 2.31. The third-order valence-electron chi connectivity index (χ3n) is 3.20. The number of nitrogens with one attached hydrogen (secondary N) is 1. The van der Waals surface area contributed by atoms with Gasteiger partial charge >= 0.3 is 6.36 Å². The van der Waals surface area contributed by atoms with Crippen molar-refractivity contribution in [2.24, 2.45) is 0 Å². The van der Waals surface area contributed by atoms with Crippen molar-refractivity contribution in [1.82, 2.24) is 9.97 Å². The zero-order valence-electron chi connectivity index (χ0n) is 13.6. The Hall–Kier alpha value is -3.62. The van der Waals surface area contributed by atoms with E-state index >= 15 is 0 Å². The molecular weight excluding hydrogens is 363 g/mol. The molecule has 2 heterocycles. The molecule has 3 rings (SSSR count). The Morgan fingerprint density at radius 1 is 0.963 bits per heavy atom. The molecule has 138 valence electrons. The number of aromatic nitrogens is 2. The van der Waals surface area contributed by atoms with E-state index in [1.165, 1.54) is 24.5 Å². The minimum atomic E-state index is -4.78. The number of alkyl halides is 3. The zero-order valence-corrected chi connectivity index (χ0v) is 13.6. The van der Waals surface area contributed by atoms with Crippen LogP contribution in [0, 0.1) is 0 Å². The molecule has 3 aromatic rings. The third kappa shape index (κ3) is 5.43. The topological polar surface area (TPSA) is 73.3 Å². The number of halogens is 3. The second kappa shape index (κ2) is 7.73. The van der Waals surface area contributed by atoms with Crippen molar-refractivity contribution in [3.8, 4) is 17.4 Å². The lowest BCUT2D eigenvalue weighted by molar-refractivity contribution is -0.274. The fourth-order valence-corrected chi connectivity index (χ4v) is 2.05. The van der Waals surface area contributed by atoms with Crippen molar-refractivity contribution in [3.63, 3.8) is 0 Å². The summed E-state index contributed by atoms with van der Waals surface area (Å²) in [4.78, 5) is 20.1. The fraction of sp³-hybridized carbons (Fsp3) is 0.0556. The number of hydrogen-bond donors (Lipinski definition) is 1. The van der Waals surface area contributed by atoms with Gasteiger partial charge < -0.3 is 14.8 Å². The van der Waals surface area contributed by atoms with Crippen LogP contribution in [0.3, 0.4) is 0 Å². The summed E-state index contributed by atoms with van der Waals surface area (Å²) in [6, 6.07) is 11.1. The van der Waals surface area contributed by atoms with Crippen molar-refractivity contribution < 1.29 is 27.4 Å². The Morgan fingerprint density at radius 2 is 1.74 bits per heavy atom. The summed E-state index contributed by atoms with van der Waals surface area (Å²) in [7, 11) is 0. The zero-order chi connectivity index (χ0) is 19.3. The largest absolute Gasteiger partial charge is 0.573 e. The molecule has 0 radical (unpaired) electrons. The van der Waals surface area contributed by atoms with Crippen LogP contribution in [0.25, 0.3) is 0 Å². The number of ether oxygens (including phenoxy) is 2. The lowest BCUT2D eigenvalue weighted by Crippen LogP contribution is -2.17. The van der Waals surface area contributed by atoms with E-state index in [4.69, 9.17) is 4.74 Å². The number of pyridine rings is 2. The Morgan fingerprint density at radius 3 is 2.33 bits per heavy atom. The molecule has 0 saturated heterocycles. The average Bonchev–Trinajstić information content (AvgIpc) is 2.63. The smallest absolute Gasteiger partial charge is 0.437 e. The molecule has 6 nitrogen and oxygen atoms in total. The van der Waals surface area contributed by atoms with Crippen LogP contribution in [-0.4, -0.2) is 22.2 Å². The van der Waals surface area contributed by atoms with E-state index in [2.05, 4.69) is 20.0 Å². The van der Waals surface area contributed by atoms with Crippen LogP contribution < -0.4 is 14.8 Å². The van der Waals surface area contributed by atoms with Gasteiger partial charge in [0.2, 0.25) is 5.88 Å². The van der Waals surface area contributed by atoms with Gasteiger partial charge in [-0.05, 0) is 42.5 Å². The van der Waals surface area contributed by atoms with Crippen LogP contribution in [0.15, 0.2) is 67.1 Å². The van der Waals surface area contributed by atoms with Gasteiger partial charge in [-0.1, -0.05) is 0 Å². The Labute approximate surface area is 151 Å². The van der Waals surface area contributed by atoms with Gasteiger partial charge in [0.25, 0.3) is 5.91 Å². The number of rotatable bonds is 5. The van der Waals surface area contributed by atoms with Crippen LogP contribution in [0.4, 0.5) is 18.9 Å². The molecule has 0 atom stereocenters. The van der Waals surface area contributed by atoms with Gasteiger partial charge in [0.15, 0.2) is 0 Å². The molecule has 1 aromatic carbocycles. The van der Waals surface area contributed by atoms with Gasteiger partial charge in [0.1, 0.15) is 11.5 Å². The Kier molecular flexibility index (Phi) is 5.20. The average molecular weight is 375 g/mol. The predicted molar refractivity (Wildman–Crippen MR) is 89.6 cm³/mol. The highest BCUT2D eigenvalue weighted by Crippen LogP contribution is 2.23. The number of carbonyl (C=O) groups is 1. The van der Waals surface area contributed by atoms with E-state index in [1.807, 2.05) is 0 Å². The highest BCUT2D eigenvalue weighted by atomic mass is 19.4. The number of hydrogen-bond acceptors (Lipinski definition) is 5. The molecule has 1 amide bonds. The molecule has 27 heavy (non-hydrogen) atoms. The van der Waals surface area contributed by atoms with Gasteiger partial charge in [-0.25, -0.2) is 4.98 Å². The molecule has 2 aromatic heterocycles. The number of amides is 1. The SMILES string of the molecule is O=C(Nc1ccc(Oc2cccnc2)nc1)c1ccc(OC(F)(F)F)cc1. The van der Waals surface area contributed by atoms with Crippen LogP contribution in [0.1, 0.15) is 10.4 Å². The van der Waals surface area contributed by atoms with E-state index in [1.54, 1.807) is 30.5 Å². The van der Waals surface area contributed by atoms with Crippen molar-refractivity contribution >= 4 is 11.6 Å². The molecule has 0 bridgehead atoms. The molecule has 1 N–H and O–H groups in total. The minimum Gasteiger partial charge on any atom is -0.437 e. The lowest BCUT2D eigenvalue weighted by Gasteiger charge is -2.10. The third-order valence-corrected chi connectivity index (χ3v) is 3.20. The minimum absolute atomic E-state index is 0.167. The summed E-state index contributed by atoms with van der Waals surface area (Å²) in [5.74, 6) is -0.0773. The van der Waals surface area contributed by atoms with E-state index < -0.39 is 18.0 Å². The van der Waals surface area contributed by atoms with Gasteiger partial charge in [0.05, 0.1) is 18.1 Å². The van der Waals surface area contributed by atoms with E-state index in [9.17, 15) is 18.0 Å². The standard InChI is InChI=1S/C18H12F3N3O3/c19-18(20,21)27-14-6-3-12(4-7-14)17(25)24-13-5-8-16(23-10-13)26-15-2-1-9-22-11-15/h1-11H,(H,24,25). The molecule has 0 unspecified atom stereocenters. The highest BCUT2D eigenvalue weighted by molar-refractivity contribution is 6.04. The molecule has 9 heteroatoms. The van der Waals surface area contributed by atoms with E-state index in [0.717, 1.165) is 12.1 Å². The summed E-state index contributed by atoms with van der Waals surface area (Å²) in [6.45, 7) is 0. The van der Waals surface area contributed by atoms with Gasteiger partial charge in [-0.15, -0.1) is 13.2 Å². The number of carbonyl (C=O) groups excluding carboxylic acids is 1. The monoisotopic (exact) mass is 375 g/mol. The molecule has 0 aliphatic carbocycles. The van der Waals surface area contributed by atoms with Crippen molar-refractivity contribution in [3.05, 3.63) is 72.7 Å². The summed E-state index contributed by atoms with van der Waals surface area (Å²) in [6.07, 6.45) is -0.246. The molecule has 0 fully saturated rings. The van der Waals surface area contributed by atoms with Crippen molar-refractivity contribution in [2.45, 2.75) is 6.36 Å². The summed E-state index contributed by atoms with van der Waals surface area (Å²) >= 11 is 0. The Bertz CT molecular complexity index is 899. The van der Waals surface area contributed by atoms with Gasteiger partial charge in [-0.3, -0.25) is 9.78 Å². The first-order valence-electron chi connectivity index (χ1n) is 7.60. The quantitative estimate of drug-likeness (QED) is 0.715. The molecule has 0 saturated carbocycles. The summed E-state index contributed by atoms with van der Waals surface area (Å²) in [5.41, 5.74) is 0.564. The van der Waals surface area contributed by atoms with Crippen LogP contribution in [0.2, 0.25) is 0 Å². The first-order chi connectivity index (χ1) is 12.9. The van der Waals surface area contributed by atoms with Crippen LogP contribution in [-0.2, 0) is 0 Å². The van der Waals surface area contributed by atoms with Gasteiger partial charge in [-0.2, -0.15) is 0 Å². The Balaban J connectivity index is 1.60. The number of nitrogens with zero attached hydrogens (tertiary/aromatic N) is 2. The first kappa shape index (κ1) is 18.2. The van der Waals surface area contributed by atoms with E-state index in [-0.39, 0.29) is 5.56 Å². The molecular formula is C18H12F3N3O3. The summed E-state index contributed by atoms with van der Waals surface area (Å²) < 4.78 is 45.6. The maximum atomic E-state index is 12.1. The second-order valence-corrected chi connectivity index (χ2v) is 5.20. The molecule has 0 aliphatic rings. The summed E-state index contributed by atoms with van der Waals surface area (Å²) in [5, 5.41) is 2.58. The second-order valence-electron chi connectivity index (χ2n) is 5.20. The fourth-order valence-electron chi connectivity index (χ4n) is 2.05. The van der Waals surface area contributed by atoms with Crippen molar-refractivity contribution in [1.29, 1.82) is 0 Å². The van der Waals surface area contributed by atoms with Crippen molar-refractivity contribution in [2.75, 3.05) is 5.32 Å². The predicted octanol–water partition coefficient (Wildman–Crippen LogP) is 4.42. The normalized spacial score (nSPS) is 10.9. The maximum Gasteiger partial charge on any atom is 0.573 e. The van der Waals surface area contributed by atoms with Crippen LogP contribution >= 0.6 is 0 Å².